The first kappa shape index (κ1) is 24.6. The van der Waals surface area contributed by atoms with Crippen molar-refractivity contribution in [2.45, 2.75) is 83.8 Å². The highest BCUT2D eigenvalue weighted by molar-refractivity contribution is 5.86. The maximum absolute atomic E-state index is 11.8. The van der Waals surface area contributed by atoms with Crippen molar-refractivity contribution in [3.63, 3.8) is 0 Å². The number of hydrogen-bond donors (Lipinski definition) is 1. The molecule has 2 aliphatic heterocycles. The number of hydrogen-bond acceptors (Lipinski definition) is 4. The van der Waals surface area contributed by atoms with E-state index in [4.69, 9.17) is 4.74 Å². The molecule has 0 unspecified atom stereocenters. The van der Waals surface area contributed by atoms with Gasteiger partial charge in [-0.2, -0.15) is 0 Å². The molecule has 0 atom stereocenters. The summed E-state index contributed by atoms with van der Waals surface area (Å²) >= 11 is 0. The molecule has 2 aromatic rings. The number of fused-ring (bicyclic) bond motifs is 1. The number of rotatable bonds is 6. The van der Waals surface area contributed by atoms with Crippen LogP contribution in [0.1, 0.15) is 76.8 Å². The quantitative estimate of drug-likeness (QED) is 0.567. The molecule has 192 valence electrons. The maximum Gasteiger partial charge on any atom is 0.412 e. The number of benzene rings is 1. The number of carbonyl (C=O) groups is 1. The molecular weight excluding hydrogens is 436 g/mol. The predicted octanol–water partition coefficient (Wildman–Crippen LogP) is 5.81. The standard InChI is InChI=1S/C29H44N4O2/c1-21(2)22-6-8-24(9-7-22)32-16-12-25(13-17-32)33-20-23(19-31-14-4-5-15-31)27-18-26(10-11-28(27)33)35-29(34)30-3/h10-11,18,20-22,24-25H,4-9,12-17,19H2,1-3H3,(H,30,34)/t22-,24+. The molecule has 3 fully saturated rings. The van der Waals surface area contributed by atoms with Gasteiger partial charge in [0.2, 0.25) is 0 Å². The second kappa shape index (κ2) is 10.9. The van der Waals surface area contributed by atoms with Gasteiger partial charge in [-0.15, -0.1) is 0 Å². The topological polar surface area (TPSA) is 49.7 Å². The van der Waals surface area contributed by atoms with Gasteiger partial charge in [-0.3, -0.25) is 4.90 Å². The maximum atomic E-state index is 11.8. The number of piperidine rings is 1. The lowest BCUT2D eigenvalue weighted by molar-refractivity contribution is 0.0893. The van der Waals surface area contributed by atoms with Crippen LogP contribution >= 0.6 is 0 Å². The summed E-state index contributed by atoms with van der Waals surface area (Å²) in [7, 11) is 1.60. The molecule has 0 radical (unpaired) electrons. The minimum atomic E-state index is -0.417. The molecule has 3 aliphatic rings. The number of nitrogens with one attached hydrogen (secondary N) is 1. The summed E-state index contributed by atoms with van der Waals surface area (Å²) in [5, 5.41) is 3.78. The van der Waals surface area contributed by atoms with Gasteiger partial charge in [0.25, 0.3) is 0 Å². The summed E-state index contributed by atoms with van der Waals surface area (Å²) in [5.74, 6) is 2.38. The van der Waals surface area contributed by atoms with Gasteiger partial charge in [-0.25, -0.2) is 4.79 Å². The Balaban J connectivity index is 1.31. The SMILES string of the molecule is CNC(=O)Oc1ccc2c(c1)c(CN1CCCC1)cn2C1CCN([C@H]2CC[C@@H](C(C)C)CC2)CC1. The first-order valence-corrected chi connectivity index (χ1v) is 14.0. The van der Waals surface area contributed by atoms with Crippen LogP contribution in [0.5, 0.6) is 5.75 Å². The number of likely N-dealkylation sites (tertiary alicyclic amines) is 2. The molecule has 2 saturated heterocycles. The Morgan fingerprint density at radius 3 is 2.37 bits per heavy atom. The molecule has 35 heavy (non-hydrogen) atoms. The summed E-state index contributed by atoms with van der Waals surface area (Å²) < 4.78 is 8.01. The van der Waals surface area contributed by atoms with Crippen molar-refractivity contribution in [2.75, 3.05) is 33.2 Å². The van der Waals surface area contributed by atoms with Crippen LogP contribution in [0.25, 0.3) is 10.9 Å². The van der Waals surface area contributed by atoms with Gasteiger partial charge in [0, 0.05) is 55.9 Å². The highest BCUT2D eigenvalue weighted by Gasteiger charge is 2.31. The lowest BCUT2D eigenvalue weighted by Crippen LogP contribution is -2.43. The van der Waals surface area contributed by atoms with Crippen LogP contribution < -0.4 is 10.1 Å². The minimum absolute atomic E-state index is 0.417. The van der Waals surface area contributed by atoms with Gasteiger partial charge >= 0.3 is 6.09 Å². The molecule has 1 saturated carbocycles. The smallest absolute Gasteiger partial charge is 0.410 e. The molecule has 1 aromatic heterocycles. The summed E-state index contributed by atoms with van der Waals surface area (Å²) in [6, 6.07) is 7.49. The van der Waals surface area contributed by atoms with Crippen molar-refractivity contribution in [1.82, 2.24) is 19.7 Å². The van der Waals surface area contributed by atoms with Crippen LogP contribution in [0.3, 0.4) is 0 Å². The van der Waals surface area contributed by atoms with Crippen LogP contribution in [0.2, 0.25) is 0 Å². The number of amides is 1. The molecule has 1 aromatic carbocycles. The van der Waals surface area contributed by atoms with Crippen molar-refractivity contribution < 1.29 is 9.53 Å². The third kappa shape index (κ3) is 5.54. The number of ether oxygens (including phenoxy) is 1. The van der Waals surface area contributed by atoms with E-state index in [9.17, 15) is 4.79 Å². The first-order chi connectivity index (χ1) is 17.0. The largest absolute Gasteiger partial charge is 0.412 e. The third-order valence-electron chi connectivity index (χ3n) is 8.99. The molecule has 0 bridgehead atoms. The van der Waals surface area contributed by atoms with Crippen molar-refractivity contribution in [3.8, 4) is 5.75 Å². The van der Waals surface area contributed by atoms with Gasteiger partial charge in [-0.05, 0) is 100 Å². The summed E-state index contributed by atoms with van der Waals surface area (Å²) in [5.41, 5.74) is 2.64. The normalized spacial score (nSPS) is 24.9. The van der Waals surface area contributed by atoms with Gasteiger partial charge in [0.1, 0.15) is 5.75 Å². The van der Waals surface area contributed by atoms with Crippen molar-refractivity contribution in [2.24, 2.45) is 11.8 Å². The fraction of sp³-hybridized carbons (Fsp3) is 0.690. The van der Waals surface area contributed by atoms with Crippen LogP contribution in [0.4, 0.5) is 4.79 Å². The Labute approximate surface area is 211 Å². The number of nitrogens with zero attached hydrogens (tertiary/aromatic N) is 3. The lowest BCUT2D eigenvalue weighted by atomic mass is 9.79. The van der Waals surface area contributed by atoms with Gasteiger partial charge in [-0.1, -0.05) is 13.8 Å². The Morgan fingerprint density at radius 1 is 1.00 bits per heavy atom. The Morgan fingerprint density at radius 2 is 1.71 bits per heavy atom. The van der Waals surface area contributed by atoms with E-state index in [-0.39, 0.29) is 0 Å². The van der Waals surface area contributed by atoms with E-state index in [2.05, 4.69) is 51.9 Å². The minimum Gasteiger partial charge on any atom is -0.410 e. The lowest BCUT2D eigenvalue weighted by Gasteiger charge is -2.42. The molecule has 1 aliphatic carbocycles. The predicted molar refractivity (Wildman–Crippen MR) is 142 cm³/mol. The second-order valence-corrected chi connectivity index (χ2v) is 11.4. The van der Waals surface area contributed by atoms with Crippen LogP contribution in [0, 0.1) is 11.8 Å². The molecule has 6 nitrogen and oxygen atoms in total. The molecule has 6 heteroatoms. The van der Waals surface area contributed by atoms with E-state index in [0.717, 1.165) is 24.4 Å². The van der Waals surface area contributed by atoms with E-state index in [0.29, 0.717) is 11.8 Å². The second-order valence-electron chi connectivity index (χ2n) is 11.4. The summed E-state index contributed by atoms with van der Waals surface area (Å²) in [6.45, 7) is 10.5. The van der Waals surface area contributed by atoms with Crippen LogP contribution in [-0.4, -0.2) is 59.7 Å². The third-order valence-corrected chi connectivity index (χ3v) is 8.99. The summed E-state index contributed by atoms with van der Waals surface area (Å²) in [4.78, 5) is 17.1. The number of aromatic nitrogens is 1. The molecule has 1 amide bonds. The molecule has 3 heterocycles. The summed E-state index contributed by atoms with van der Waals surface area (Å²) in [6.07, 6.45) is 12.6. The van der Waals surface area contributed by atoms with Crippen LogP contribution in [0.15, 0.2) is 24.4 Å². The highest BCUT2D eigenvalue weighted by Crippen LogP contribution is 2.37. The van der Waals surface area contributed by atoms with Crippen molar-refractivity contribution >= 4 is 17.0 Å². The zero-order chi connectivity index (χ0) is 24.4. The van der Waals surface area contributed by atoms with Crippen molar-refractivity contribution in [1.29, 1.82) is 0 Å². The Bertz CT molecular complexity index is 994. The van der Waals surface area contributed by atoms with E-state index in [1.165, 1.54) is 94.0 Å². The highest BCUT2D eigenvalue weighted by atomic mass is 16.5. The Kier molecular flexibility index (Phi) is 7.68. The van der Waals surface area contributed by atoms with E-state index in [1.807, 2.05) is 6.07 Å². The van der Waals surface area contributed by atoms with E-state index >= 15 is 0 Å². The van der Waals surface area contributed by atoms with E-state index in [1.54, 1.807) is 7.05 Å². The molecule has 5 rings (SSSR count). The van der Waals surface area contributed by atoms with Crippen molar-refractivity contribution in [3.05, 3.63) is 30.0 Å². The van der Waals surface area contributed by atoms with Gasteiger partial charge < -0.3 is 19.5 Å². The van der Waals surface area contributed by atoms with Crippen LogP contribution in [-0.2, 0) is 6.54 Å². The number of carbonyl (C=O) groups excluding carboxylic acids is 1. The fourth-order valence-electron chi connectivity index (χ4n) is 6.80. The molecular formula is C29H44N4O2. The zero-order valence-corrected chi connectivity index (χ0v) is 22.0. The average Bonchev–Trinajstić information content (AvgIpc) is 3.52. The van der Waals surface area contributed by atoms with E-state index < -0.39 is 6.09 Å². The first-order valence-electron chi connectivity index (χ1n) is 14.0. The Hall–Kier alpha value is -2.05. The average molecular weight is 481 g/mol. The van der Waals surface area contributed by atoms with Gasteiger partial charge in [0.05, 0.1) is 0 Å². The molecule has 0 spiro atoms. The fourth-order valence-corrected chi connectivity index (χ4v) is 6.80. The monoisotopic (exact) mass is 480 g/mol. The zero-order valence-electron chi connectivity index (χ0n) is 22.0. The molecule has 1 N–H and O–H groups in total. The van der Waals surface area contributed by atoms with Gasteiger partial charge in [0.15, 0.2) is 0 Å².